The molecule has 0 radical (unpaired) electrons. The van der Waals surface area contributed by atoms with Crippen LogP contribution in [0, 0.1) is 0 Å². The molecule has 0 bridgehead atoms. The quantitative estimate of drug-likeness (QED) is 0.641. The number of carbonyl (C=O) groups is 2. The van der Waals surface area contributed by atoms with E-state index in [0.717, 1.165) is 0 Å². The highest BCUT2D eigenvalue weighted by Gasteiger charge is 2.14. The number of furan rings is 1. The number of hydrogen-bond acceptors (Lipinski definition) is 4. The van der Waals surface area contributed by atoms with E-state index < -0.39 is 5.91 Å². The van der Waals surface area contributed by atoms with Gasteiger partial charge in [-0.2, -0.15) is 0 Å². The third-order valence-electron chi connectivity index (χ3n) is 3.54. The molecule has 1 aromatic heterocycles. The van der Waals surface area contributed by atoms with Gasteiger partial charge in [-0.3, -0.25) is 9.59 Å². The first kappa shape index (κ1) is 17.8. The van der Waals surface area contributed by atoms with Crippen LogP contribution in [0.25, 0.3) is 0 Å². The van der Waals surface area contributed by atoms with E-state index in [4.69, 9.17) is 9.15 Å². The van der Waals surface area contributed by atoms with Gasteiger partial charge in [0.1, 0.15) is 5.75 Å². The smallest absolute Gasteiger partial charge is 0.291 e. The standard InChI is InChI=1S/C19H15BrN2O4/c1-25-15-8-7-13(21-19(24)16-9-10-17(20)26-16)11-14(15)22-18(23)12-5-3-2-4-6-12/h2-11H,1H3,(H,21,24)(H,22,23). The molecule has 0 aliphatic carbocycles. The van der Waals surface area contributed by atoms with Gasteiger partial charge in [-0.05, 0) is 58.4 Å². The van der Waals surface area contributed by atoms with Gasteiger partial charge >= 0.3 is 0 Å². The van der Waals surface area contributed by atoms with Crippen molar-refractivity contribution < 1.29 is 18.7 Å². The molecular weight excluding hydrogens is 400 g/mol. The number of benzene rings is 2. The minimum Gasteiger partial charge on any atom is -0.495 e. The van der Waals surface area contributed by atoms with Crippen LogP contribution >= 0.6 is 15.9 Å². The Labute approximate surface area is 158 Å². The number of carbonyl (C=O) groups excluding carboxylic acids is 2. The number of hydrogen-bond donors (Lipinski definition) is 2. The van der Waals surface area contributed by atoms with Crippen LogP contribution in [-0.4, -0.2) is 18.9 Å². The molecule has 0 atom stereocenters. The lowest BCUT2D eigenvalue weighted by molar-refractivity contribution is 0.0994. The molecule has 1 heterocycles. The number of methoxy groups -OCH3 is 1. The van der Waals surface area contributed by atoms with Crippen molar-refractivity contribution in [1.29, 1.82) is 0 Å². The number of rotatable bonds is 5. The van der Waals surface area contributed by atoms with Crippen LogP contribution in [0.5, 0.6) is 5.75 Å². The van der Waals surface area contributed by atoms with Gasteiger partial charge in [0.2, 0.25) is 0 Å². The molecule has 0 saturated heterocycles. The van der Waals surface area contributed by atoms with Crippen molar-refractivity contribution in [3.63, 3.8) is 0 Å². The maximum Gasteiger partial charge on any atom is 0.291 e. The number of amides is 2. The maximum atomic E-state index is 12.4. The lowest BCUT2D eigenvalue weighted by Crippen LogP contribution is -2.14. The summed E-state index contributed by atoms with van der Waals surface area (Å²) in [7, 11) is 1.51. The molecule has 0 aliphatic heterocycles. The topological polar surface area (TPSA) is 80.6 Å². The summed E-state index contributed by atoms with van der Waals surface area (Å²) >= 11 is 3.15. The van der Waals surface area contributed by atoms with Crippen LogP contribution in [0.1, 0.15) is 20.9 Å². The minimum atomic E-state index is -0.402. The van der Waals surface area contributed by atoms with E-state index in [9.17, 15) is 9.59 Å². The summed E-state index contributed by atoms with van der Waals surface area (Å²) in [6, 6.07) is 17.0. The van der Waals surface area contributed by atoms with Crippen molar-refractivity contribution in [2.24, 2.45) is 0 Å². The Morgan fingerprint density at radius 1 is 0.962 bits per heavy atom. The van der Waals surface area contributed by atoms with Crippen LogP contribution in [0.4, 0.5) is 11.4 Å². The average Bonchev–Trinajstić information content (AvgIpc) is 3.09. The van der Waals surface area contributed by atoms with Gasteiger partial charge in [-0.15, -0.1) is 0 Å². The highest BCUT2D eigenvalue weighted by atomic mass is 79.9. The molecule has 3 aromatic rings. The molecule has 7 heteroatoms. The lowest BCUT2D eigenvalue weighted by Gasteiger charge is -2.12. The van der Waals surface area contributed by atoms with Crippen molar-refractivity contribution in [2.75, 3.05) is 17.7 Å². The highest BCUT2D eigenvalue weighted by molar-refractivity contribution is 9.10. The van der Waals surface area contributed by atoms with Gasteiger partial charge in [0.25, 0.3) is 11.8 Å². The fourth-order valence-electron chi connectivity index (χ4n) is 2.30. The molecule has 0 fully saturated rings. The zero-order chi connectivity index (χ0) is 18.5. The first-order valence-corrected chi connectivity index (χ1v) is 8.47. The first-order valence-electron chi connectivity index (χ1n) is 7.68. The molecule has 2 amide bonds. The molecule has 0 saturated carbocycles. The Morgan fingerprint density at radius 3 is 2.38 bits per heavy atom. The summed E-state index contributed by atoms with van der Waals surface area (Å²) in [5.41, 5.74) is 1.45. The fraction of sp³-hybridized carbons (Fsp3) is 0.0526. The van der Waals surface area contributed by atoms with Crippen LogP contribution in [0.3, 0.4) is 0 Å². The number of nitrogens with one attached hydrogen (secondary N) is 2. The Hall–Kier alpha value is -3.06. The van der Waals surface area contributed by atoms with E-state index in [0.29, 0.717) is 27.4 Å². The monoisotopic (exact) mass is 414 g/mol. The third kappa shape index (κ3) is 4.12. The summed E-state index contributed by atoms with van der Waals surface area (Å²) in [4.78, 5) is 24.6. The van der Waals surface area contributed by atoms with Crippen molar-refractivity contribution in [3.8, 4) is 5.75 Å². The van der Waals surface area contributed by atoms with E-state index in [2.05, 4.69) is 26.6 Å². The largest absolute Gasteiger partial charge is 0.495 e. The molecule has 0 aliphatic rings. The second kappa shape index (κ2) is 7.88. The Kier molecular flexibility index (Phi) is 5.38. The van der Waals surface area contributed by atoms with Gasteiger partial charge in [-0.25, -0.2) is 0 Å². The molecule has 0 spiro atoms. The number of anilines is 2. The zero-order valence-electron chi connectivity index (χ0n) is 13.8. The first-order chi connectivity index (χ1) is 12.6. The fourth-order valence-corrected chi connectivity index (χ4v) is 2.60. The van der Waals surface area contributed by atoms with Crippen LogP contribution in [0.15, 0.2) is 69.8 Å². The van der Waals surface area contributed by atoms with E-state index in [1.54, 1.807) is 54.6 Å². The molecule has 132 valence electrons. The van der Waals surface area contributed by atoms with Crippen LogP contribution in [-0.2, 0) is 0 Å². The molecule has 26 heavy (non-hydrogen) atoms. The van der Waals surface area contributed by atoms with Gasteiger partial charge < -0.3 is 19.8 Å². The molecular formula is C19H15BrN2O4. The summed E-state index contributed by atoms with van der Waals surface area (Å²) < 4.78 is 11.0. The van der Waals surface area contributed by atoms with Gasteiger partial charge in [0, 0.05) is 11.3 Å². The summed E-state index contributed by atoms with van der Waals surface area (Å²) in [5, 5.41) is 5.50. The number of ether oxygens (including phenoxy) is 1. The van der Waals surface area contributed by atoms with E-state index in [-0.39, 0.29) is 11.7 Å². The third-order valence-corrected chi connectivity index (χ3v) is 3.96. The van der Waals surface area contributed by atoms with Crippen molar-refractivity contribution in [3.05, 3.63) is 76.7 Å². The Morgan fingerprint density at radius 2 is 1.73 bits per heavy atom. The van der Waals surface area contributed by atoms with Gasteiger partial charge in [0.15, 0.2) is 10.4 Å². The lowest BCUT2D eigenvalue weighted by atomic mass is 10.2. The van der Waals surface area contributed by atoms with Gasteiger partial charge in [0.05, 0.1) is 12.8 Å². The summed E-state index contributed by atoms with van der Waals surface area (Å²) in [6.45, 7) is 0. The molecule has 6 nitrogen and oxygen atoms in total. The van der Waals surface area contributed by atoms with Crippen LogP contribution in [0.2, 0.25) is 0 Å². The normalized spacial score (nSPS) is 10.2. The van der Waals surface area contributed by atoms with Crippen molar-refractivity contribution >= 4 is 39.1 Å². The molecule has 2 aromatic carbocycles. The zero-order valence-corrected chi connectivity index (χ0v) is 15.4. The van der Waals surface area contributed by atoms with E-state index in [1.807, 2.05) is 6.07 Å². The maximum absolute atomic E-state index is 12.4. The van der Waals surface area contributed by atoms with E-state index in [1.165, 1.54) is 7.11 Å². The van der Waals surface area contributed by atoms with Crippen molar-refractivity contribution in [1.82, 2.24) is 0 Å². The summed E-state index contributed by atoms with van der Waals surface area (Å²) in [6.07, 6.45) is 0. The highest BCUT2D eigenvalue weighted by Crippen LogP contribution is 2.29. The predicted octanol–water partition coefficient (Wildman–Crippen LogP) is 4.56. The van der Waals surface area contributed by atoms with Crippen LogP contribution < -0.4 is 15.4 Å². The summed E-state index contributed by atoms with van der Waals surface area (Å²) in [5.74, 6) is -0.0286. The van der Waals surface area contributed by atoms with Crippen molar-refractivity contribution in [2.45, 2.75) is 0 Å². The molecule has 0 unspecified atom stereocenters. The Balaban J connectivity index is 1.80. The number of halogens is 1. The SMILES string of the molecule is COc1ccc(NC(=O)c2ccc(Br)o2)cc1NC(=O)c1ccccc1. The molecule has 2 N–H and O–H groups in total. The second-order valence-corrected chi connectivity index (χ2v) is 6.07. The predicted molar refractivity (Wildman–Crippen MR) is 102 cm³/mol. The Bertz CT molecular complexity index is 938. The van der Waals surface area contributed by atoms with E-state index >= 15 is 0 Å². The molecule has 3 rings (SSSR count). The second-order valence-electron chi connectivity index (χ2n) is 5.29. The minimum absolute atomic E-state index is 0.169. The van der Waals surface area contributed by atoms with Gasteiger partial charge in [-0.1, -0.05) is 18.2 Å². The average molecular weight is 415 g/mol.